The van der Waals surface area contributed by atoms with Crippen molar-refractivity contribution in [2.75, 3.05) is 32.0 Å². The van der Waals surface area contributed by atoms with Gasteiger partial charge < -0.3 is 10.2 Å². The quantitative estimate of drug-likeness (QED) is 0.906. The van der Waals surface area contributed by atoms with Gasteiger partial charge in [-0.3, -0.25) is 0 Å². The SMILES string of the molecule is CN1CCCC(CNc2cc(C(C)(C)C)ccn2)C1. The Bertz CT molecular complexity index is 409. The van der Waals surface area contributed by atoms with Gasteiger partial charge in [0, 0.05) is 19.3 Å². The van der Waals surface area contributed by atoms with Crippen LogP contribution < -0.4 is 5.32 Å². The third kappa shape index (κ3) is 4.20. The summed E-state index contributed by atoms with van der Waals surface area (Å²) in [5.41, 5.74) is 1.52. The molecule has 0 amide bonds. The first kappa shape index (κ1) is 14.3. The van der Waals surface area contributed by atoms with Crippen LogP contribution in [0.5, 0.6) is 0 Å². The van der Waals surface area contributed by atoms with E-state index in [0.717, 1.165) is 18.3 Å². The number of anilines is 1. The second-order valence-electron chi connectivity index (χ2n) is 6.83. The molecule has 3 heteroatoms. The van der Waals surface area contributed by atoms with Crippen LogP contribution in [0, 0.1) is 5.92 Å². The van der Waals surface area contributed by atoms with E-state index in [0.29, 0.717) is 0 Å². The zero-order valence-electron chi connectivity index (χ0n) is 12.7. The van der Waals surface area contributed by atoms with E-state index in [1.54, 1.807) is 0 Å². The highest BCUT2D eigenvalue weighted by molar-refractivity contribution is 5.39. The maximum atomic E-state index is 4.43. The highest BCUT2D eigenvalue weighted by Gasteiger charge is 2.18. The topological polar surface area (TPSA) is 28.2 Å². The molecule has 106 valence electrons. The molecule has 1 aromatic heterocycles. The summed E-state index contributed by atoms with van der Waals surface area (Å²) < 4.78 is 0. The van der Waals surface area contributed by atoms with Crippen molar-refractivity contribution >= 4 is 5.82 Å². The number of hydrogen-bond acceptors (Lipinski definition) is 3. The van der Waals surface area contributed by atoms with Crippen molar-refractivity contribution in [1.82, 2.24) is 9.88 Å². The first-order chi connectivity index (χ1) is 8.95. The van der Waals surface area contributed by atoms with Crippen molar-refractivity contribution in [2.24, 2.45) is 5.92 Å². The molecule has 1 aromatic rings. The van der Waals surface area contributed by atoms with Gasteiger partial charge in [-0.15, -0.1) is 0 Å². The van der Waals surface area contributed by atoms with Crippen LogP contribution in [0.2, 0.25) is 0 Å². The zero-order chi connectivity index (χ0) is 13.9. The van der Waals surface area contributed by atoms with Crippen LogP contribution in [0.4, 0.5) is 5.82 Å². The molecule has 2 rings (SSSR count). The Hall–Kier alpha value is -1.09. The van der Waals surface area contributed by atoms with Gasteiger partial charge in [-0.1, -0.05) is 20.8 Å². The largest absolute Gasteiger partial charge is 0.370 e. The van der Waals surface area contributed by atoms with E-state index in [4.69, 9.17) is 0 Å². The molecule has 19 heavy (non-hydrogen) atoms. The predicted octanol–water partition coefficient (Wildman–Crippen LogP) is 3.13. The highest BCUT2D eigenvalue weighted by atomic mass is 15.1. The smallest absolute Gasteiger partial charge is 0.126 e. The van der Waals surface area contributed by atoms with Crippen LogP contribution in [0.1, 0.15) is 39.2 Å². The summed E-state index contributed by atoms with van der Waals surface area (Å²) in [6.07, 6.45) is 4.56. The minimum atomic E-state index is 0.185. The Balaban J connectivity index is 1.92. The molecule has 0 aromatic carbocycles. The number of piperidine rings is 1. The van der Waals surface area contributed by atoms with Gasteiger partial charge in [0.25, 0.3) is 0 Å². The van der Waals surface area contributed by atoms with E-state index in [2.05, 4.69) is 55.2 Å². The van der Waals surface area contributed by atoms with Crippen LogP contribution in [0.3, 0.4) is 0 Å². The van der Waals surface area contributed by atoms with Crippen LogP contribution in [0.15, 0.2) is 18.3 Å². The van der Waals surface area contributed by atoms with Crippen molar-refractivity contribution in [3.63, 3.8) is 0 Å². The Morgan fingerprint density at radius 2 is 2.21 bits per heavy atom. The Labute approximate surface area is 117 Å². The molecular weight excluding hydrogens is 234 g/mol. The van der Waals surface area contributed by atoms with Crippen molar-refractivity contribution in [3.8, 4) is 0 Å². The number of hydrogen-bond donors (Lipinski definition) is 1. The van der Waals surface area contributed by atoms with Gasteiger partial charge in [0.15, 0.2) is 0 Å². The fraction of sp³-hybridized carbons (Fsp3) is 0.688. The molecular formula is C16H27N3. The summed E-state index contributed by atoms with van der Waals surface area (Å²) in [4.78, 5) is 6.86. The van der Waals surface area contributed by atoms with E-state index in [1.807, 2.05) is 6.20 Å². The van der Waals surface area contributed by atoms with Gasteiger partial charge in [-0.25, -0.2) is 4.98 Å². The molecule has 1 saturated heterocycles. The normalized spacial score (nSPS) is 21.4. The van der Waals surface area contributed by atoms with Gasteiger partial charge in [0.1, 0.15) is 5.82 Å². The first-order valence-corrected chi connectivity index (χ1v) is 7.34. The summed E-state index contributed by atoms with van der Waals surface area (Å²) in [7, 11) is 2.21. The molecule has 0 spiro atoms. The van der Waals surface area contributed by atoms with E-state index < -0.39 is 0 Å². The molecule has 0 bridgehead atoms. The number of nitrogens with zero attached hydrogens (tertiary/aromatic N) is 2. The lowest BCUT2D eigenvalue weighted by atomic mass is 9.88. The van der Waals surface area contributed by atoms with Gasteiger partial charge in [-0.2, -0.15) is 0 Å². The molecule has 1 aliphatic rings. The molecule has 0 radical (unpaired) electrons. The second-order valence-corrected chi connectivity index (χ2v) is 6.83. The Morgan fingerprint density at radius 1 is 1.42 bits per heavy atom. The molecule has 0 saturated carbocycles. The van der Waals surface area contributed by atoms with Crippen LogP contribution in [-0.2, 0) is 5.41 Å². The highest BCUT2D eigenvalue weighted by Crippen LogP contribution is 2.23. The molecule has 1 atom stereocenters. The maximum Gasteiger partial charge on any atom is 0.126 e. The summed E-state index contributed by atoms with van der Waals surface area (Å²) in [5.74, 6) is 1.76. The number of rotatable bonds is 3. The number of nitrogens with one attached hydrogen (secondary N) is 1. The third-order valence-corrected chi connectivity index (χ3v) is 3.92. The Morgan fingerprint density at radius 3 is 2.89 bits per heavy atom. The summed E-state index contributed by atoms with van der Waals surface area (Å²) in [5, 5.41) is 3.51. The monoisotopic (exact) mass is 261 g/mol. The lowest BCUT2D eigenvalue weighted by Gasteiger charge is -2.30. The average molecular weight is 261 g/mol. The number of likely N-dealkylation sites (tertiary alicyclic amines) is 1. The van der Waals surface area contributed by atoms with Gasteiger partial charge in [0.05, 0.1) is 0 Å². The number of aromatic nitrogens is 1. The van der Waals surface area contributed by atoms with Crippen molar-refractivity contribution < 1.29 is 0 Å². The van der Waals surface area contributed by atoms with Gasteiger partial charge in [-0.05, 0) is 55.5 Å². The van der Waals surface area contributed by atoms with Crippen LogP contribution in [-0.4, -0.2) is 36.6 Å². The van der Waals surface area contributed by atoms with Crippen molar-refractivity contribution in [2.45, 2.75) is 39.0 Å². The van der Waals surface area contributed by atoms with Gasteiger partial charge in [0.2, 0.25) is 0 Å². The fourth-order valence-corrected chi connectivity index (χ4v) is 2.68. The van der Waals surface area contributed by atoms with Gasteiger partial charge >= 0.3 is 0 Å². The molecule has 2 heterocycles. The van der Waals surface area contributed by atoms with Crippen LogP contribution >= 0.6 is 0 Å². The zero-order valence-corrected chi connectivity index (χ0v) is 12.7. The minimum Gasteiger partial charge on any atom is -0.370 e. The molecule has 0 aliphatic carbocycles. The lowest BCUT2D eigenvalue weighted by Crippen LogP contribution is -2.35. The molecule has 1 aliphatic heterocycles. The maximum absolute atomic E-state index is 4.43. The number of pyridine rings is 1. The second kappa shape index (κ2) is 5.91. The molecule has 1 N–H and O–H groups in total. The third-order valence-electron chi connectivity index (χ3n) is 3.92. The molecule has 1 unspecified atom stereocenters. The summed E-state index contributed by atoms with van der Waals surface area (Å²) >= 11 is 0. The first-order valence-electron chi connectivity index (χ1n) is 7.34. The Kier molecular flexibility index (Phi) is 4.46. The minimum absolute atomic E-state index is 0.185. The fourth-order valence-electron chi connectivity index (χ4n) is 2.68. The standard InChI is InChI=1S/C16H27N3/c1-16(2,3)14-7-8-17-15(10-14)18-11-13-6-5-9-19(4)12-13/h7-8,10,13H,5-6,9,11-12H2,1-4H3,(H,17,18). The summed E-state index contributed by atoms with van der Waals surface area (Å²) in [6, 6.07) is 4.30. The predicted molar refractivity (Wildman–Crippen MR) is 81.6 cm³/mol. The molecule has 3 nitrogen and oxygen atoms in total. The van der Waals surface area contributed by atoms with Crippen LogP contribution in [0.25, 0.3) is 0 Å². The average Bonchev–Trinajstić information content (AvgIpc) is 2.36. The van der Waals surface area contributed by atoms with Crippen molar-refractivity contribution in [3.05, 3.63) is 23.9 Å². The molecule has 1 fully saturated rings. The summed E-state index contributed by atoms with van der Waals surface area (Å²) in [6.45, 7) is 10.2. The lowest BCUT2D eigenvalue weighted by molar-refractivity contribution is 0.217. The van der Waals surface area contributed by atoms with E-state index >= 15 is 0 Å². The van der Waals surface area contributed by atoms with Crippen molar-refractivity contribution in [1.29, 1.82) is 0 Å². The van der Waals surface area contributed by atoms with E-state index in [9.17, 15) is 0 Å². The van der Waals surface area contributed by atoms with E-state index in [-0.39, 0.29) is 5.41 Å². The van der Waals surface area contributed by atoms with E-state index in [1.165, 1.54) is 31.5 Å².